The average Bonchev–Trinajstić information content (AvgIpc) is 3.11. The lowest BCUT2D eigenvalue weighted by atomic mass is 9.61. The molecule has 33 heavy (non-hydrogen) atoms. The third kappa shape index (κ3) is 3.78. The number of rotatable bonds is 4. The Morgan fingerprint density at radius 3 is 2.82 bits per heavy atom. The van der Waals surface area contributed by atoms with Crippen molar-refractivity contribution in [2.45, 2.75) is 45.8 Å². The van der Waals surface area contributed by atoms with Crippen molar-refractivity contribution in [3.05, 3.63) is 47.6 Å². The van der Waals surface area contributed by atoms with Crippen LogP contribution >= 0.6 is 0 Å². The predicted octanol–water partition coefficient (Wildman–Crippen LogP) is 3.62. The quantitative estimate of drug-likeness (QED) is 0.653. The maximum atomic E-state index is 13.0. The van der Waals surface area contributed by atoms with E-state index in [0.29, 0.717) is 6.04 Å². The Hall–Kier alpha value is -2.60. The molecule has 1 aromatic rings. The van der Waals surface area contributed by atoms with Gasteiger partial charge in [0.2, 0.25) is 0 Å². The zero-order valence-corrected chi connectivity index (χ0v) is 20.0. The van der Waals surface area contributed by atoms with E-state index >= 15 is 0 Å². The van der Waals surface area contributed by atoms with E-state index in [2.05, 4.69) is 35.8 Å². The van der Waals surface area contributed by atoms with Gasteiger partial charge in [-0.25, -0.2) is 0 Å². The smallest absolute Gasteiger partial charge is 0.311 e. The summed E-state index contributed by atoms with van der Waals surface area (Å²) in [5, 5.41) is 0. The molecular weight excluding hydrogens is 416 g/mol. The molecule has 5 atom stereocenters. The molecule has 2 aliphatic heterocycles. The molecular formula is C27H34N2O4. The molecule has 6 nitrogen and oxygen atoms in total. The number of hydrogen-bond donors (Lipinski definition) is 0. The molecule has 5 rings (SSSR count). The van der Waals surface area contributed by atoms with Crippen molar-refractivity contribution in [1.82, 2.24) is 4.90 Å². The van der Waals surface area contributed by atoms with Crippen LogP contribution in [-0.2, 0) is 14.3 Å². The molecule has 0 amide bonds. The minimum absolute atomic E-state index is 0.0464. The lowest BCUT2D eigenvalue weighted by molar-refractivity contribution is -0.144. The Bertz CT molecular complexity index is 1030. The van der Waals surface area contributed by atoms with Gasteiger partial charge in [0.05, 0.1) is 13.0 Å². The van der Waals surface area contributed by atoms with Crippen molar-refractivity contribution in [2.75, 3.05) is 38.2 Å². The van der Waals surface area contributed by atoms with Crippen LogP contribution in [-0.4, -0.2) is 62.1 Å². The minimum atomic E-state index is -0.259. The van der Waals surface area contributed by atoms with Gasteiger partial charge in [-0.05, 0) is 50.5 Å². The zero-order valence-electron chi connectivity index (χ0n) is 20.0. The summed E-state index contributed by atoms with van der Waals surface area (Å²) in [6, 6.07) is 8.54. The highest BCUT2D eigenvalue weighted by atomic mass is 16.6. The Morgan fingerprint density at radius 2 is 2.06 bits per heavy atom. The van der Waals surface area contributed by atoms with E-state index in [1.807, 2.05) is 25.1 Å². The molecule has 0 aromatic heterocycles. The number of anilines is 1. The Morgan fingerprint density at radius 1 is 1.24 bits per heavy atom. The summed E-state index contributed by atoms with van der Waals surface area (Å²) < 4.78 is 11.4. The van der Waals surface area contributed by atoms with Gasteiger partial charge in [-0.2, -0.15) is 0 Å². The van der Waals surface area contributed by atoms with Gasteiger partial charge in [-0.15, -0.1) is 0 Å². The third-order valence-corrected chi connectivity index (χ3v) is 8.28. The minimum Gasteiger partial charge on any atom is -0.497 e. The van der Waals surface area contributed by atoms with Crippen LogP contribution in [0.3, 0.4) is 0 Å². The molecule has 0 spiro atoms. The fourth-order valence-corrected chi connectivity index (χ4v) is 6.43. The SMILES string of the molecule is COc1cccc(N2CCN(C[C@@H]3C(=O)O[C@@H]4C5=C(C)C(=O)C=C[C@]5(C)CC[C@@H]34)C[C@@H]2C)c1. The molecule has 2 aliphatic carbocycles. The summed E-state index contributed by atoms with van der Waals surface area (Å²) in [5.41, 5.74) is 2.80. The van der Waals surface area contributed by atoms with Crippen LogP contribution in [0.2, 0.25) is 0 Å². The number of piperazine rings is 1. The molecule has 4 aliphatic rings. The van der Waals surface area contributed by atoms with E-state index in [1.165, 1.54) is 5.69 Å². The second-order valence-electron chi connectivity index (χ2n) is 10.3. The van der Waals surface area contributed by atoms with Crippen molar-refractivity contribution in [3.63, 3.8) is 0 Å². The third-order valence-electron chi connectivity index (χ3n) is 8.28. The second kappa shape index (κ2) is 8.32. The lowest BCUT2D eigenvalue weighted by Crippen LogP contribution is -2.53. The lowest BCUT2D eigenvalue weighted by Gasteiger charge is -2.44. The normalized spacial score (nSPS) is 34.2. The molecule has 1 saturated carbocycles. The largest absolute Gasteiger partial charge is 0.497 e. The summed E-state index contributed by atoms with van der Waals surface area (Å²) in [6.07, 6.45) is 5.36. The number of ether oxygens (including phenoxy) is 2. The summed E-state index contributed by atoms with van der Waals surface area (Å²) in [6.45, 7) is 9.74. The molecule has 1 aromatic carbocycles. The Labute approximate surface area is 196 Å². The highest BCUT2D eigenvalue weighted by Crippen LogP contribution is 2.53. The first-order valence-electron chi connectivity index (χ1n) is 12.1. The average molecular weight is 451 g/mol. The van der Waals surface area contributed by atoms with E-state index in [9.17, 15) is 9.59 Å². The van der Waals surface area contributed by atoms with Crippen LogP contribution < -0.4 is 9.64 Å². The number of hydrogen-bond acceptors (Lipinski definition) is 6. The molecule has 3 fully saturated rings. The van der Waals surface area contributed by atoms with Gasteiger partial charge in [0, 0.05) is 60.9 Å². The number of fused-ring (bicyclic) bond motifs is 3. The van der Waals surface area contributed by atoms with Gasteiger partial charge in [0.15, 0.2) is 5.78 Å². The van der Waals surface area contributed by atoms with Gasteiger partial charge < -0.3 is 14.4 Å². The van der Waals surface area contributed by atoms with Crippen LogP contribution in [0.5, 0.6) is 5.75 Å². The van der Waals surface area contributed by atoms with Crippen LogP contribution in [0.25, 0.3) is 0 Å². The van der Waals surface area contributed by atoms with Crippen molar-refractivity contribution in [3.8, 4) is 5.75 Å². The number of esters is 1. The number of ketones is 1. The summed E-state index contributed by atoms with van der Waals surface area (Å²) in [4.78, 5) is 30.2. The van der Waals surface area contributed by atoms with E-state index in [1.54, 1.807) is 13.2 Å². The number of carbonyl (C=O) groups is 2. The maximum Gasteiger partial charge on any atom is 0.311 e. The maximum absolute atomic E-state index is 13.0. The van der Waals surface area contributed by atoms with Crippen LogP contribution in [0.1, 0.15) is 33.6 Å². The highest BCUT2D eigenvalue weighted by Gasteiger charge is 2.54. The number of nitrogens with zero attached hydrogens (tertiary/aromatic N) is 2. The number of benzene rings is 1. The fraction of sp³-hybridized carbons (Fsp3) is 0.556. The Balaban J connectivity index is 1.29. The molecule has 0 unspecified atom stereocenters. The highest BCUT2D eigenvalue weighted by molar-refractivity contribution is 6.05. The molecule has 2 heterocycles. The van der Waals surface area contributed by atoms with Crippen LogP contribution in [0, 0.1) is 17.3 Å². The summed E-state index contributed by atoms with van der Waals surface area (Å²) in [7, 11) is 1.69. The van der Waals surface area contributed by atoms with Gasteiger partial charge in [-0.1, -0.05) is 19.1 Å². The standard InChI is InChI=1S/C27H34N2O4/c1-17-15-28(12-13-29(17)19-6-5-7-20(14-19)32-4)16-22-21-8-10-27(3)11-9-23(30)18(2)24(27)25(21)33-26(22)31/h5-7,9,11,14,17,21-22,25H,8,10,12-13,15-16H2,1-4H3/t17-,21-,22-,25-,27-/m0/s1. The number of carbonyl (C=O) groups excluding carboxylic acids is 2. The first-order chi connectivity index (χ1) is 15.8. The molecule has 176 valence electrons. The molecule has 0 radical (unpaired) electrons. The summed E-state index contributed by atoms with van der Waals surface area (Å²) >= 11 is 0. The number of methoxy groups -OCH3 is 1. The van der Waals surface area contributed by atoms with Crippen LogP contribution in [0.4, 0.5) is 5.69 Å². The first kappa shape index (κ1) is 22.2. The second-order valence-corrected chi connectivity index (χ2v) is 10.3. The van der Waals surface area contributed by atoms with Crippen LogP contribution in [0.15, 0.2) is 47.6 Å². The van der Waals surface area contributed by atoms with Gasteiger partial charge in [-0.3, -0.25) is 14.5 Å². The van der Waals surface area contributed by atoms with Gasteiger partial charge in [0.1, 0.15) is 11.9 Å². The summed E-state index contributed by atoms with van der Waals surface area (Å²) in [5.74, 6) is 0.842. The topological polar surface area (TPSA) is 59.1 Å². The van der Waals surface area contributed by atoms with Crippen molar-refractivity contribution in [2.24, 2.45) is 17.3 Å². The molecule has 0 bridgehead atoms. The van der Waals surface area contributed by atoms with Crippen molar-refractivity contribution >= 4 is 17.4 Å². The fourth-order valence-electron chi connectivity index (χ4n) is 6.43. The molecule has 0 N–H and O–H groups in total. The van der Waals surface area contributed by atoms with Gasteiger partial charge in [0.25, 0.3) is 0 Å². The predicted molar refractivity (Wildman–Crippen MR) is 127 cm³/mol. The van der Waals surface area contributed by atoms with E-state index < -0.39 is 0 Å². The van der Waals surface area contributed by atoms with E-state index in [0.717, 1.165) is 55.9 Å². The zero-order chi connectivity index (χ0) is 23.3. The Kier molecular flexibility index (Phi) is 5.60. The van der Waals surface area contributed by atoms with Crippen molar-refractivity contribution in [1.29, 1.82) is 0 Å². The van der Waals surface area contributed by atoms with E-state index in [-0.39, 0.29) is 35.1 Å². The van der Waals surface area contributed by atoms with Crippen molar-refractivity contribution < 1.29 is 19.1 Å². The molecule has 6 heteroatoms. The monoisotopic (exact) mass is 450 g/mol. The van der Waals surface area contributed by atoms with Gasteiger partial charge >= 0.3 is 5.97 Å². The van der Waals surface area contributed by atoms with E-state index in [4.69, 9.17) is 9.47 Å². The molecule has 2 saturated heterocycles. The number of allylic oxidation sites excluding steroid dienone is 3. The first-order valence-corrected chi connectivity index (χ1v) is 12.1.